The van der Waals surface area contributed by atoms with Crippen LogP contribution in [0.4, 0.5) is 10.1 Å². The maximum atomic E-state index is 13.1. The molecule has 0 fully saturated rings. The topological polar surface area (TPSA) is 49.3 Å². The van der Waals surface area contributed by atoms with Crippen molar-refractivity contribution in [3.63, 3.8) is 0 Å². The van der Waals surface area contributed by atoms with E-state index < -0.39 is 17.3 Å². The Bertz CT molecular complexity index is 735. The quantitative estimate of drug-likeness (QED) is 0.848. The molecule has 0 spiro atoms. The Morgan fingerprint density at radius 1 is 1.10 bits per heavy atom. The molecule has 3 rings (SSSR count). The van der Waals surface area contributed by atoms with E-state index in [4.69, 9.17) is 23.2 Å². The molecule has 2 aromatic rings. The van der Waals surface area contributed by atoms with Crippen LogP contribution in [0.3, 0.4) is 0 Å². The molecule has 1 amide bonds. The third-order valence-corrected chi connectivity index (χ3v) is 3.82. The lowest BCUT2D eigenvalue weighted by Gasteiger charge is -2.22. The van der Waals surface area contributed by atoms with Gasteiger partial charge < -0.3 is 10.4 Å². The predicted molar refractivity (Wildman–Crippen MR) is 74.5 cm³/mol. The van der Waals surface area contributed by atoms with E-state index in [2.05, 4.69) is 5.32 Å². The van der Waals surface area contributed by atoms with E-state index in [1.54, 1.807) is 12.1 Å². The van der Waals surface area contributed by atoms with E-state index in [0.717, 1.165) is 12.1 Å². The van der Waals surface area contributed by atoms with Crippen LogP contribution < -0.4 is 5.32 Å². The fourth-order valence-corrected chi connectivity index (χ4v) is 2.79. The SMILES string of the molecule is O=C1Nc2ccc(Cl)cc2C1(O)c1ccc(F)cc1Cl. The second-order valence-electron chi connectivity index (χ2n) is 4.48. The second-order valence-corrected chi connectivity index (χ2v) is 5.32. The van der Waals surface area contributed by atoms with E-state index in [0.29, 0.717) is 16.3 Å². The van der Waals surface area contributed by atoms with Gasteiger partial charge in [0.15, 0.2) is 5.60 Å². The maximum Gasteiger partial charge on any atom is 0.265 e. The molecule has 0 aromatic heterocycles. The van der Waals surface area contributed by atoms with E-state index >= 15 is 0 Å². The molecule has 1 atom stereocenters. The number of carbonyl (C=O) groups is 1. The number of amides is 1. The van der Waals surface area contributed by atoms with Gasteiger partial charge in [0.2, 0.25) is 0 Å². The Hall–Kier alpha value is -1.62. The van der Waals surface area contributed by atoms with Crippen molar-refractivity contribution >= 4 is 34.8 Å². The Kier molecular flexibility index (Phi) is 2.97. The highest BCUT2D eigenvalue weighted by Crippen LogP contribution is 2.44. The summed E-state index contributed by atoms with van der Waals surface area (Å²) in [6.45, 7) is 0. The third-order valence-electron chi connectivity index (χ3n) is 3.27. The van der Waals surface area contributed by atoms with Crippen LogP contribution in [-0.2, 0) is 10.4 Å². The van der Waals surface area contributed by atoms with Gasteiger partial charge in [-0.1, -0.05) is 29.3 Å². The van der Waals surface area contributed by atoms with Crippen LogP contribution in [0.5, 0.6) is 0 Å². The van der Waals surface area contributed by atoms with E-state index in [-0.39, 0.29) is 10.6 Å². The number of anilines is 1. The van der Waals surface area contributed by atoms with Gasteiger partial charge >= 0.3 is 0 Å². The molecule has 1 heterocycles. The van der Waals surface area contributed by atoms with Gasteiger partial charge in [0, 0.05) is 21.8 Å². The van der Waals surface area contributed by atoms with Gasteiger partial charge in [-0.05, 0) is 30.3 Å². The van der Waals surface area contributed by atoms with Gasteiger partial charge in [0.05, 0.1) is 5.02 Å². The van der Waals surface area contributed by atoms with Crippen molar-refractivity contribution in [2.75, 3.05) is 5.32 Å². The van der Waals surface area contributed by atoms with Crippen LogP contribution in [0.1, 0.15) is 11.1 Å². The molecule has 102 valence electrons. The van der Waals surface area contributed by atoms with Crippen molar-refractivity contribution in [2.24, 2.45) is 0 Å². The Balaban J connectivity index is 2.27. The molecule has 0 bridgehead atoms. The number of hydrogen-bond donors (Lipinski definition) is 2. The van der Waals surface area contributed by atoms with E-state index in [1.165, 1.54) is 12.1 Å². The lowest BCUT2D eigenvalue weighted by molar-refractivity contribution is -0.129. The lowest BCUT2D eigenvalue weighted by atomic mass is 9.87. The second kappa shape index (κ2) is 4.45. The van der Waals surface area contributed by atoms with Crippen LogP contribution in [-0.4, -0.2) is 11.0 Å². The van der Waals surface area contributed by atoms with Crippen molar-refractivity contribution in [1.29, 1.82) is 0 Å². The molecule has 3 nitrogen and oxygen atoms in total. The fraction of sp³-hybridized carbons (Fsp3) is 0.0714. The number of rotatable bonds is 1. The van der Waals surface area contributed by atoms with Crippen LogP contribution in [0.2, 0.25) is 10.0 Å². The number of halogens is 3. The van der Waals surface area contributed by atoms with Gasteiger partial charge in [-0.15, -0.1) is 0 Å². The first-order chi connectivity index (χ1) is 9.42. The van der Waals surface area contributed by atoms with Crippen LogP contribution in [0.25, 0.3) is 0 Å². The molecule has 0 radical (unpaired) electrons. The van der Waals surface area contributed by atoms with Gasteiger partial charge in [-0.25, -0.2) is 4.39 Å². The van der Waals surface area contributed by atoms with Crippen molar-refractivity contribution < 1.29 is 14.3 Å². The minimum Gasteiger partial charge on any atom is -0.372 e. The molecule has 2 N–H and O–H groups in total. The summed E-state index contributed by atoms with van der Waals surface area (Å²) in [6.07, 6.45) is 0. The Labute approximate surface area is 123 Å². The van der Waals surface area contributed by atoms with Crippen molar-refractivity contribution in [3.05, 3.63) is 63.4 Å². The number of aliphatic hydroxyl groups is 1. The van der Waals surface area contributed by atoms with E-state index in [1.807, 2.05) is 0 Å². The van der Waals surface area contributed by atoms with Crippen molar-refractivity contribution in [3.8, 4) is 0 Å². The number of carbonyl (C=O) groups excluding carboxylic acids is 1. The average Bonchev–Trinajstić information content (AvgIpc) is 2.63. The number of nitrogens with one attached hydrogen (secondary N) is 1. The van der Waals surface area contributed by atoms with Crippen LogP contribution in [0, 0.1) is 5.82 Å². The maximum absolute atomic E-state index is 13.1. The molecule has 0 aliphatic carbocycles. The average molecular weight is 312 g/mol. The lowest BCUT2D eigenvalue weighted by Crippen LogP contribution is -2.35. The van der Waals surface area contributed by atoms with Gasteiger partial charge in [-0.2, -0.15) is 0 Å². The summed E-state index contributed by atoms with van der Waals surface area (Å²) in [6, 6.07) is 8.13. The molecule has 2 aromatic carbocycles. The standard InChI is InChI=1S/C14H8Cl2FNO2/c15-7-1-4-12-10(5-7)14(20,13(19)18-12)9-3-2-8(17)6-11(9)16/h1-6,20H,(H,18,19). The first-order valence-electron chi connectivity index (χ1n) is 5.72. The van der Waals surface area contributed by atoms with Crippen LogP contribution in [0.15, 0.2) is 36.4 Å². The summed E-state index contributed by atoms with van der Waals surface area (Å²) >= 11 is 11.9. The Morgan fingerprint density at radius 3 is 2.55 bits per heavy atom. The molecule has 20 heavy (non-hydrogen) atoms. The molecule has 1 unspecified atom stereocenters. The minimum atomic E-state index is -1.98. The summed E-state index contributed by atoms with van der Waals surface area (Å²) in [7, 11) is 0. The smallest absolute Gasteiger partial charge is 0.265 e. The van der Waals surface area contributed by atoms with E-state index in [9.17, 15) is 14.3 Å². The van der Waals surface area contributed by atoms with Gasteiger partial charge in [0.1, 0.15) is 5.82 Å². The predicted octanol–water partition coefficient (Wildman–Crippen LogP) is 3.32. The normalized spacial score (nSPS) is 20.7. The van der Waals surface area contributed by atoms with Gasteiger partial charge in [-0.3, -0.25) is 4.79 Å². The van der Waals surface area contributed by atoms with Crippen molar-refractivity contribution in [1.82, 2.24) is 0 Å². The molecule has 0 saturated heterocycles. The minimum absolute atomic E-state index is 0.0320. The highest BCUT2D eigenvalue weighted by Gasteiger charge is 2.48. The largest absolute Gasteiger partial charge is 0.372 e. The first kappa shape index (κ1) is 13.4. The summed E-state index contributed by atoms with van der Waals surface area (Å²) < 4.78 is 13.1. The monoisotopic (exact) mass is 311 g/mol. The number of hydrogen-bond acceptors (Lipinski definition) is 2. The summed E-state index contributed by atoms with van der Waals surface area (Å²) in [5.74, 6) is -1.20. The Morgan fingerprint density at radius 2 is 1.85 bits per heavy atom. The van der Waals surface area contributed by atoms with Crippen LogP contribution >= 0.6 is 23.2 Å². The molecular weight excluding hydrogens is 304 g/mol. The number of fused-ring (bicyclic) bond motifs is 1. The highest BCUT2D eigenvalue weighted by atomic mass is 35.5. The fourth-order valence-electron chi connectivity index (χ4n) is 2.31. The summed E-state index contributed by atoms with van der Waals surface area (Å²) in [5, 5.41) is 13.7. The third kappa shape index (κ3) is 1.80. The summed E-state index contributed by atoms with van der Waals surface area (Å²) in [4.78, 5) is 12.1. The number of benzene rings is 2. The zero-order valence-electron chi connectivity index (χ0n) is 9.95. The zero-order valence-corrected chi connectivity index (χ0v) is 11.5. The summed E-state index contributed by atoms with van der Waals surface area (Å²) in [5.41, 5.74) is -1.13. The molecule has 6 heteroatoms. The molecule has 1 aliphatic rings. The van der Waals surface area contributed by atoms with Crippen molar-refractivity contribution in [2.45, 2.75) is 5.60 Å². The zero-order chi connectivity index (χ0) is 14.5. The molecular formula is C14H8Cl2FNO2. The highest BCUT2D eigenvalue weighted by molar-refractivity contribution is 6.32. The first-order valence-corrected chi connectivity index (χ1v) is 6.48. The van der Waals surface area contributed by atoms with Gasteiger partial charge in [0.25, 0.3) is 5.91 Å². The molecule has 1 aliphatic heterocycles. The molecule has 0 saturated carbocycles.